The minimum absolute atomic E-state index is 0.277. The van der Waals surface area contributed by atoms with Crippen molar-refractivity contribution in [3.63, 3.8) is 0 Å². The fourth-order valence-electron chi connectivity index (χ4n) is 1.33. The van der Waals surface area contributed by atoms with Gasteiger partial charge in [-0.05, 0) is 0 Å². The molecule has 0 aromatic heterocycles. The molecule has 76 valence electrons. The Bertz CT molecular complexity index is 349. The van der Waals surface area contributed by atoms with Crippen LogP contribution >= 0.6 is 11.9 Å². The van der Waals surface area contributed by atoms with Gasteiger partial charge in [0.15, 0.2) is 0 Å². The van der Waals surface area contributed by atoms with Crippen LogP contribution in [0.25, 0.3) is 0 Å². The van der Waals surface area contributed by atoms with Crippen LogP contribution < -0.4 is 21.2 Å². The normalized spacial score (nSPS) is 20.2. The van der Waals surface area contributed by atoms with Crippen LogP contribution in [0.4, 0.5) is 0 Å². The summed E-state index contributed by atoms with van der Waals surface area (Å²) in [4.78, 5) is 15.7. The molecule has 5 heteroatoms. The molecule has 0 N–H and O–H groups in total. The number of nitrogens with zero attached hydrogens (tertiary/aromatic N) is 2. The van der Waals surface area contributed by atoms with Gasteiger partial charge in [0.05, 0.1) is 0 Å². The second-order valence-corrected chi connectivity index (χ2v) is 5.73. The van der Waals surface area contributed by atoms with Crippen molar-refractivity contribution in [2.45, 2.75) is 0 Å². The number of fused-ring (bicyclic) bond motifs is 1. The third-order valence-corrected chi connectivity index (χ3v) is 4.23. The Labute approximate surface area is 97.7 Å². The second kappa shape index (κ2) is 4.48. The molecular formula is C9H10IN2OS-. The van der Waals surface area contributed by atoms with E-state index in [9.17, 15) is 4.79 Å². The summed E-state index contributed by atoms with van der Waals surface area (Å²) < 4.78 is 4.62. The third kappa shape index (κ3) is 1.88. The summed E-state index contributed by atoms with van der Waals surface area (Å²) in [6.45, 7) is 0.951. The predicted octanol–water partition coefficient (Wildman–Crippen LogP) is -1.95. The number of hydrogen-bond donors (Lipinski definition) is 0. The van der Waals surface area contributed by atoms with Crippen molar-refractivity contribution >= 4 is 21.6 Å². The SMILES string of the molecule is C[I-]C(=O)C1=CC=CN2CCSN=C12. The van der Waals surface area contributed by atoms with Gasteiger partial charge in [-0.25, -0.2) is 0 Å². The van der Waals surface area contributed by atoms with Crippen LogP contribution in [0, 0.1) is 0 Å². The Morgan fingerprint density at radius 2 is 2.57 bits per heavy atom. The summed E-state index contributed by atoms with van der Waals surface area (Å²) in [6.07, 6.45) is 5.80. The van der Waals surface area contributed by atoms with E-state index in [4.69, 9.17) is 0 Å². The molecule has 0 fully saturated rings. The summed E-state index contributed by atoms with van der Waals surface area (Å²) in [7, 11) is 0. The fourth-order valence-corrected chi connectivity index (χ4v) is 3.02. The summed E-state index contributed by atoms with van der Waals surface area (Å²) in [5.41, 5.74) is 0.801. The van der Waals surface area contributed by atoms with Crippen LogP contribution in [-0.2, 0) is 4.79 Å². The number of hydrogen-bond acceptors (Lipinski definition) is 4. The summed E-state index contributed by atoms with van der Waals surface area (Å²) in [6, 6.07) is 0. The van der Waals surface area contributed by atoms with Crippen LogP contribution in [-0.4, -0.2) is 31.8 Å². The number of carbonyl (C=O) groups is 1. The van der Waals surface area contributed by atoms with E-state index in [2.05, 4.69) is 9.30 Å². The topological polar surface area (TPSA) is 32.7 Å². The van der Waals surface area contributed by atoms with Gasteiger partial charge in [0.2, 0.25) is 0 Å². The molecule has 0 spiro atoms. The minimum atomic E-state index is -0.372. The van der Waals surface area contributed by atoms with Crippen molar-refractivity contribution in [1.82, 2.24) is 4.90 Å². The van der Waals surface area contributed by atoms with Crippen molar-refractivity contribution < 1.29 is 26.0 Å². The van der Waals surface area contributed by atoms with E-state index < -0.39 is 0 Å². The van der Waals surface area contributed by atoms with Crippen LogP contribution in [0.5, 0.6) is 0 Å². The van der Waals surface area contributed by atoms with Crippen molar-refractivity contribution in [1.29, 1.82) is 0 Å². The molecule has 0 amide bonds. The average Bonchev–Trinajstić information content (AvgIpc) is 2.27. The molecule has 0 bridgehead atoms. The maximum atomic E-state index is 11.7. The average molecular weight is 321 g/mol. The molecule has 0 unspecified atom stereocenters. The van der Waals surface area contributed by atoms with Gasteiger partial charge in [-0.15, -0.1) is 0 Å². The van der Waals surface area contributed by atoms with Gasteiger partial charge >= 0.3 is 98.0 Å². The molecule has 14 heavy (non-hydrogen) atoms. The van der Waals surface area contributed by atoms with E-state index in [1.807, 2.05) is 23.3 Å². The van der Waals surface area contributed by atoms with Gasteiger partial charge in [0.25, 0.3) is 0 Å². The van der Waals surface area contributed by atoms with Crippen LogP contribution in [0.15, 0.2) is 28.3 Å². The molecule has 2 aliphatic rings. The van der Waals surface area contributed by atoms with Gasteiger partial charge in [0.1, 0.15) is 0 Å². The van der Waals surface area contributed by atoms with Crippen LogP contribution in [0.2, 0.25) is 0 Å². The number of carbonyl (C=O) groups excluding carboxylic acids is 1. The van der Waals surface area contributed by atoms with Crippen molar-refractivity contribution in [3.05, 3.63) is 23.9 Å². The maximum absolute atomic E-state index is 11.7. The molecule has 0 saturated heterocycles. The Kier molecular flexibility index (Phi) is 3.27. The molecule has 0 saturated carbocycles. The van der Waals surface area contributed by atoms with Gasteiger partial charge in [-0.2, -0.15) is 0 Å². The molecule has 0 atom stereocenters. The van der Waals surface area contributed by atoms with Gasteiger partial charge in [-0.1, -0.05) is 0 Å². The molecule has 0 radical (unpaired) electrons. The van der Waals surface area contributed by atoms with Crippen LogP contribution in [0.3, 0.4) is 0 Å². The number of allylic oxidation sites excluding steroid dienone is 2. The number of amidine groups is 1. The van der Waals surface area contributed by atoms with Crippen LogP contribution in [0.1, 0.15) is 0 Å². The van der Waals surface area contributed by atoms with E-state index in [0.717, 1.165) is 23.7 Å². The number of rotatable bonds is 2. The van der Waals surface area contributed by atoms with E-state index in [0.29, 0.717) is 0 Å². The van der Waals surface area contributed by atoms with E-state index in [1.54, 1.807) is 11.9 Å². The third-order valence-electron chi connectivity index (χ3n) is 2.00. The zero-order valence-corrected chi connectivity index (χ0v) is 10.7. The Hall–Kier alpha value is -0.300. The van der Waals surface area contributed by atoms with E-state index >= 15 is 0 Å². The first-order valence-corrected chi connectivity index (χ1v) is 8.40. The quantitative estimate of drug-likeness (QED) is 0.256. The summed E-state index contributed by atoms with van der Waals surface area (Å²) >= 11 is 1.17. The fraction of sp³-hybridized carbons (Fsp3) is 0.333. The van der Waals surface area contributed by atoms with Crippen molar-refractivity contribution in [2.75, 3.05) is 17.2 Å². The van der Waals surface area contributed by atoms with Gasteiger partial charge in [-0.3, -0.25) is 0 Å². The molecule has 2 heterocycles. The van der Waals surface area contributed by atoms with Gasteiger partial charge < -0.3 is 0 Å². The number of alkyl halides is 1. The molecular weight excluding hydrogens is 311 g/mol. The Balaban J connectivity index is 2.31. The van der Waals surface area contributed by atoms with Crippen molar-refractivity contribution in [3.8, 4) is 0 Å². The predicted molar refractivity (Wildman–Crippen MR) is 54.8 cm³/mol. The van der Waals surface area contributed by atoms with Gasteiger partial charge in [0, 0.05) is 0 Å². The van der Waals surface area contributed by atoms with E-state index in [1.165, 1.54) is 0 Å². The number of halogens is 1. The monoisotopic (exact) mass is 321 g/mol. The molecule has 0 aromatic rings. The zero-order chi connectivity index (χ0) is 9.97. The molecule has 0 aromatic carbocycles. The molecule has 3 nitrogen and oxygen atoms in total. The molecule has 0 aliphatic carbocycles. The zero-order valence-electron chi connectivity index (χ0n) is 7.74. The molecule has 2 aliphatic heterocycles. The Morgan fingerprint density at radius 3 is 3.36 bits per heavy atom. The van der Waals surface area contributed by atoms with E-state index in [-0.39, 0.29) is 25.0 Å². The molecule has 2 rings (SSSR count). The summed E-state index contributed by atoms with van der Waals surface area (Å²) in [5, 5.41) is 0. The van der Waals surface area contributed by atoms with Crippen molar-refractivity contribution in [2.24, 2.45) is 4.40 Å². The first kappa shape index (κ1) is 10.2. The first-order valence-electron chi connectivity index (χ1n) is 4.22. The first-order chi connectivity index (χ1) is 6.83. The second-order valence-electron chi connectivity index (χ2n) is 2.83. The Morgan fingerprint density at radius 1 is 1.71 bits per heavy atom. The standard InChI is InChI=1S/C9H10IN2OS/c1-10-8(13)7-3-2-4-12-5-6-14-11-9(7)12/h2-4H,5-6H2,1H3/q-1. The summed E-state index contributed by atoms with van der Waals surface area (Å²) in [5.74, 6) is 1.85.